The van der Waals surface area contributed by atoms with Gasteiger partial charge in [-0.05, 0) is 56.2 Å². The third kappa shape index (κ3) is 4.34. The molecule has 1 atom stereocenters. The second-order valence-corrected chi connectivity index (χ2v) is 8.48. The Hall–Kier alpha value is -1.88. The van der Waals surface area contributed by atoms with Crippen molar-refractivity contribution in [2.45, 2.75) is 51.5 Å². The van der Waals surface area contributed by atoms with E-state index >= 15 is 0 Å². The van der Waals surface area contributed by atoms with Crippen LogP contribution >= 0.6 is 0 Å². The van der Waals surface area contributed by atoms with Crippen LogP contribution in [0.3, 0.4) is 0 Å². The van der Waals surface area contributed by atoms with Crippen molar-refractivity contribution in [1.29, 1.82) is 0 Å². The summed E-state index contributed by atoms with van der Waals surface area (Å²) in [5.41, 5.74) is 2.03. The van der Waals surface area contributed by atoms with Crippen molar-refractivity contribution in [2.75, 3.05) is 31.5 Å². The zero-order valence-corrected chi connectivity index (χ0v) is 16.3. The molecule has 1 N–H and O–H groups in total. The number of hydrogen-bond donors (Lipinski definition) is 1. The predicted octanol–water partition coefficient (Wildman–Crippen LogP) is 3.05. The lowest BCUT2D eigenvalue weighted by Gasteiger charge is -2.40. The summed E-state index contributed by atoms with van der Waals surface area (Å²) in [6, 6.07) is 7.93. The van der Waals surface area contributed by atoms with Crippen LogP contribution in [0.2, 0.25) is 0 Å². The van der Waals surface area contributed by atoms with Crippen LogP contribution in [-0.4, -0.2) is 53.8 Å². The van der Waals surface area contributed by atoms with Crippen LogP contribution in [0.5, 0.6) is 0 Å². The van der Waals surface area contributed by atoms with E-state index in [4.69, 9.17) is 0 Å². The quantitative estimate of drug-likeness (QED) is 0.868. The van der Waals surface area contributed by atoms with Crippen molar-refractivity contribution >= 4 is 17.5 Å². The van der Waals surface area contributed by atoms with Crippen molar-refractivity contribution < 1.29 is 9.59 Å². The molecule has 0 bridgehead atoms. The Labute approximate surface area is 162 Å². The summed E-state index contributed by atoms with van der Waals surface area (Å²) in [7, 11) is 0. The first-order valence-corrected chi connectivity index (χ1v) is 10.5. The molecule has 2 amide bonds. The van der Waals surface area contributed by atoms with Gasteiger partial charge in [-0.1, -0.05) is 25.0 Å². The lowest BCUT2D eigenvalue weighted by atomic mass is 9.94. The van der Waals surface area contributed by atoms with Crippen LogP contribution in [0.1, 0.15) is 44.1 Å². The smallest absolute Gasteiger partial charge is 0.242 e. The molecule has 1 aromatic rings. The molecule has 0 aromatic heterocycles. The number of amides is 2. The van der Waals surface area contributed by atoms with E-state index in [0.29, 0.717) is 11.8 Å². The van der Waals surface area contributed by atoms with E-state index in [2.05, 4.69) is 10.2 Å². The lowest BCUT2D eigenvalue weighted by molar-refractivity contribution is -0.135. The van der Waals surface area contributed by atoms with Gasteiger partial charge in [0, 0.05) is 37.8 Å². The monoisotopic (exact) mass is 369 g/mol. The van der Waals surface area contributed by atoms with E-state index in [-0.39, 0.29) is 17.9 Å². The van der Waals surface area contributed by atoms with Gasteiger partial charge in [0.05, 0.1) is 6.04 Å². The second-order valence-electron chi connectivity index (χ2n) is 8.48. The lowest BCUT2D eigenvalue weighted by Crippen LogP contribution is -2.57. The zero-order chi connectivity index (χ0) is 18.8. The van der Waals surface area contributed by atoms with Gasteiger partial charge in [0.15, 0.2) is 0 Å². The van der Waals surface area contributed by atoms with Gasteiger partial charge in [-0.2, -0.15) is 0 Å². The van der Waals surface area contributed by atoms with Crippen molar-refractivity contribution in [3.63, 3.8) is 0 Å². The zero-order valence-electron chi connectivity index (χ0n) is 16.3. The van der Waals surface area contributed by atoms with Gasteiger partial charge in [-0.3, -0.25) is 14.5 Å². The van der Waals surface area contributed by atoms with Crippen LogP contribution in [0, 0.1) is 18.8 Å². The van der Waals surface area contributed by atoms with Crippen molar-refractivity contribution in [2.24, 2.45) is 11.8 Å². The second kappa shape index (κ2) is 8.01. The average Bonchev–Trinajstić information content (AvgIpc) is 3.38. The van der Waals surface area contributed by atoms with Gasteiger partial charge in [-0.15, -0.1) is 0 Å². The normalized spacial score (nSPS) is 22.6. The molecule has 2 aliphatic carbocycles. The van der Waals surface area contributed by atoms with Crippen LogP contribution in [0.25, 0.3) is 0 Å². The van der Waals surface area contributed by atoms with Gasteiger partial charge in [0.1, 0.15) is 0 Å². The average molecular weight is 370 g/mol. The number of nitrogens with zero attached hydrogens (tertiary/aromatic N) is 2. The Bertz CT molecular complexity index is 687. The Morgan fingerprint density at radius 2 is 1.74 bits per heavy atom. The Morgan fingerprint density at radius 3 is 2.37 bits per heavy atom. The topological polar surface area (TPSA) is 52.7 Å². The first-order chi connectivity index (χ1) is 13.1. The summed E-state index contributed by atoms with van der Waals surface area (Å²) in [5, 5.41) is 3.16. The number of benzene rings is 1. The molecule has 0 spiro atoms. The number of anilines is 1. The molecule has 27 heavy (non-hydrogen) atoms. The van der Waals surface area contributed by atoms with E-state index in [1.54, 1.807) is 0 Å². The molecular formula is C22H31N3O2. The minimum absolute atomic E-state index is 0.0776. The van der Waals surface area contributed by atoms with Crippen LogP contribution in [0.4, 0.5) is 5.69 Å². The molecule has 3 aliphatic rings. The van der Waals surface area contributed by atoms with Crippen LogP contribution < -0.4 is 5.32 Å². The number of rotatable bonds is 5. The molecule has 1 heterocycles. The van der Waals surface area contributed by atoms with Gasteiger partial charge >= 0.3 is 0 Å². The number of carbonyl (C=O) groups is 2. The summed E-state index contributed by atoms with van der Waals surface area (Å²) in [6.45, 7) is 5.18. The highest BCUT2D eigenvalue weighted by molar-refractivity contribution is 5.95. The molecule has 3 fully saturated rings. The highest BCUT2D eigenvalue weighted by atomic mass is 16.2. The summed E-state index contributed by atoms with van der Waals surface area (Å²) in [5.74, 6) is 1.16. The van der Waals surface area contributed by atoms with Crippen molar-refractivity contribution in [3.8, 4) is 0 Å². The predicted molar refractivity (Wildman–Crippen MR) is 106 cm³/mol. The highest BCUT2D eigenvalue weighted by Gasteiger charge is 2.39. The fraction of sp³-hybridized carbons (Fsp3) is 0.636. The first kappa shape index (κ1) is 18.5. The minimum Gasteiger partial charge on any atom is -0.340 e. The highest BCUT2D eigenvalue weighted by Crippen LogP contribution is 2.33. The van der Waals surface area contributed by atoms with E-state index < -0.39 is 0 Å². The molecule has 4 rings (SSSR count). The molecule has 1 unspecified atom stereocenters. The van der Waals surface area contributed by atoms with Crippen LogP contribution in [-0.2, 0) is 9.59 Å². The molecule has 1 aliphatic heterocycles. The number of aryl methyl sites for hydroxylation is 1. The molecular weight excluding hydrogens is 338 g/mol. The Balaban J connectivity index is 1.43. The third-order valence-electron chi connectivity index (χ3n) is 6.35. The van der Waals surface area contributed by atoms with Crippen molar-refractivity contribution in [3.05, 3.63) is 29.8 Å². The summed E-state index contributed by atoms with van der Waals surface area (Å²) < 4.78 is 0. The van der Waals surface area contributed by atoms with Gasteiger partial charge in [-0.25, -0.2) is 0 Å². The minimum atomic E-state index is -0.0776. The maximum Gasteiger partial charge on any atom is 0.242 e. The van der Waals surface area contributed by atoms with Crippen molar-refractivity contribution in [1.82, 2.24) is 9.80 Å². The summed E-state index contributed by atoms with van der Waals surface area (Å²) in [6.07, 6.45) is 6.82. The molecule has 2 saturated carbocycles. The largest absolute Gasteiger partial charge is 0.340 e. The van der Waals surface area contributed by atoms with Gasteiger partial charge < -0.3 is 10.2 Å². The standard InChI is InChI=1S/C22H31N3O2/c1-16-5-4-8-19(15-16)23-21(26)20(17-6-2-3-7-17)24-11-13-25(14-12-24)22(27)18-9-10-18/h4-5,8,15,17-18,20H,2-3,6-7,9-14H2,1H3,(H,23,26). The van der Waals surface area contributed by atoms with E-state index in [9.17, 15) is 9.59 Å². The molecule has 5 nitrogen and oxygen atoms in total. The maximum atomic E-state index is 13.2. The summed E-state index contributed by atoms with van der Waals surface area (Å²) in [4.78, 5) is 29.9. The molecule has 5 heteroatoms. The molecule has 0 radical (unpaired) electrons. The number of hydrogen-bond acceptors (Lipinski definition) is 3. The number of nitrogens with one attached hydrogen (secondary N) is 1. The maximum absolute atomic E-state index is 13.2. The first-order valence-electron chi connectivity index (χ1n) is 10.5. The van der Waals surface area contributed by atoms with Gasteiger partial charge in [0.2, 0.25) is 11.8 Å². The molecule has 146 valence electrons. The SMILES string of the molecule is Cc1cccc(NC(=O)C(C2CCCC2)N2CCN(C(=O)C3CC3)CC2)c1. The van der Waals surface area contributed by atoms with Gasteiger partial charge in [0.25, 0.3) is 0 Å². The molecule has 1 saturated heterocycles. The van der Waals surface area contributed by atoms with E-state index in [1.807, 2.05) is 36.1 Å². The van der Waals surface area contributed by atoms with E-state index in [0.717, 1.165) is 63.1 Å². The summed E-state index contributed by atoms with van der Waals surface area (Å²) >= 11 is 0. The van der Waals surface area contributed by atoms with Crippen LogP contribution in [0.15, 0.2) is 24.3 Å². The number of piperazine rings is 1. The Kier molecular flexibility index (Phi) is 5.48. The van der Waals surface area contributed by atoms with E-state index in [1.165, 1.54) is 12.8 Å². The fourth-order valence-electron chi connectivity index (χ4n) is 4.70. The Morgan fingerprint density at radius 1 is 1.04 bits per heavy atom. The fourth-order valence-corrected chi connectivity index (χ4v) is 4.70. The molecule has 1 aromatic carbocycles. The third-order valence-corrected chi connectivity index (χ3v) is 6.35. The number of carbonyl (C=O) groups excluding carboxylic acids is 2.